The molecule has 0 aliphatic carbocycles. The minimum absolute atomic E-state index is 0.0218. The maximum absolute atomic E-state index is 11.3. The van der Waals surface area contributed by atoms with Crippen LogP contribution in [-0.4, -0.2) is 28.6 Å². The van der Waals surface area contributed by atoms with Gasteiger partial charge in [0.1, 0.15) is 30.3 Å². The summed E-state index contributed by atoms with van der Waals surface area (Å²) in [5.41, 5.74) is 0.0218. The van der Waals surface area contributed by atoms with Crippen LogP contribution < -0.4 is 9.47 Å². The first-order valence-corrected chi connectivity index (χ1v) is 10.0. The fourth-order valence-corrected chi connectivity index (χ4v) is 1.90. The molecule has 1 rings (SSSR count). The SMILES string of the molecule is O=C(O)c1cc(OCC(Br)(Br)Br)ccc1OCC(Br)(Br)Br. The van der Waals surface area contributed by atoms with Gasteiger partial charge in [-0.05, 0) is 18.2 Å². The molecule has 0 spiro atoms. The molecule has 0 amide bonds. The fraction of sp³-hybridized carbons (Fsp3) is 0.364. The minimum Gasteiger partial charge on any atom is -0.490 e. The molecule has 0 aliphatic heterocycles. The molecule has 10 heteroatoms. The van der Waals surface area contributed by atoms with Crippen LogP contribution in [0.5, 0.6) is 11.5 Å². The van der Waals surface area contributed by atoms with Gasteiger partial charge in [-0.3, -0.25) is 0 Å². The van der Waals surface area contributed by atoms with Crippen molar-refractivity contribution in [3.05, 3.63) is 23.8 Å². The lowest BCUT2D eigenvalue weighted by Gasteiger charge is -2.17. The number of alkyl halides is 6. The predicted octanol–water partition coefficient (Wildman–Crippen LogP) is 5.82. The summed E-state index contributed by atoms with van der Waals surface area (Å²) >= 11 is 19.7. The van der Waals surface area contributed by atoms with Crippen molar-refractivity contribution in [3.8, 4) is 11.5 Å². The predicted molar refractivity (Wildman–Crippen MR) is 103 cm³/mol. The van der Waals surface area contributed by atoms with E-state index in [9.17, 15) is 9.90 Å². The number of benzene rings is 1. The van der Waals surface area contributed by atoms with Crippen molar-refractivity contribution in [2.45, 2.75) is 4.29 Å². The summed E-state index contributed by atoms with van der Waals surface area (Å²) in [6, 6.07) is 4.60. The van der Waals surface area contributed by atoms with E-state index in [0.717, 1.165) is 0 Å². The highest BCUT2D eigenvalue weighted by Gasteiger charge is 2.22. The van der Waals surface area contributed by atoms with Crippen LogP contribution in [0.15, 0.2) is 18.2 Å². The molecular formula is C11H8Br6O4. The molecule has 1 aromatic carbocycles. The van der Waals surface area contributed by atoms with E-state index in [0.29, 0.717) is 5.75 Å². The van der Waals surface area contributed by atoms with E-state index in [2.05, 4.69) is 95.6 Å². The second-order valence-electron chi connectivity index (χ2n) is 3.77. The molecule has 0 bridgehead atoms. The zero-order chi connectivity index (χ0) is 16.3. The Kier molecular flexibility index (Phi) is 8.01. The first-order valence-electron chi connectivity index (χ1n) is 5.24. The van der Waals surface area contributed by atoms with Crippen LogP contribution in [0.1, 0.15) is 10.4 Å². The van der Waals surface area contributed by atoms with Crippen LogP contribution in [0.25, 0.3) is 0 Å². The van der Waals surface area contributed by atoms with Crippen LogP contribution in [-0.2, 0) is 0 Å². The number of rotatable bonds is 5. The smallest absolute Gasteiger partial charge is 0.339 e. The Morgan fingerprint density at radius 3 is 2.00 bits per heavy atom. The molecule has 0 aromatic heterocycles. The van der Waals surface area contributed by atoms with Crippen LogP contribution in [0.3, 0.4) is 0 Å². The van der Waals surface area contributed by atoms with Gasteiger partial charge in [0.25, 0.3) is 0 Å². The van der Waals surface area contributed by atoms with E-state index in [1.807, 2.05) is 0 Å². The minimum atomic E-state index is -1.09. The molecule has 1 aromatic rings. The van der Waals surface area contributed by atoms with Crippen LogP contribution in [0.4, 0.5) is 0 Å². The molecule has 0 aliphatic rings. The Hall–Kier alpha value is 1.17. The lowest BCUT2D eigenvalue weighted by Crippen LogP contribution is -2.16. The second kappa shape index (κ2) is 8.32. The number of ether oxygens (including phenoxy) is 2. The highest BCUT2D eigenvalue weighted by Crippen LogP contribution is 2.36. The molecule has 21 heavy (non-hydrogen) atoms. The summed E-state index contributed by atoms with van der Waals surface area (Å²) in [5, 5.41) is 9.25. The van der Waals surface area contributed by atoms with Gasteiger partial charge in [0.05, 0.1) is 0 Å². The Morgan fingerprint density at radius 2 is 1.52 bits per heavy atom. The van der Waals surface area contributed by atoms with E-state index >= 15 is 0 Å². The van der Waals surface area contributed by atoms with Gasteiger partial charge in [-0.15, -0.1) is 0 Å². The van der Waals surface area contributed by atoms with Gasteiger partial charge in [0.15, 0.2) is 4.29 Å². The van der Waals surface area contributed by atoms with E-state index < -0.39 is 10.3 Å². The van der Waals surface area contributed by atoms with Crippen LogP contribution in [0, 0.1) is 0 Å². The van der Waals surface area contributed by atoms with Crippen molar-refractivity contribution in [2.75, 3.05) is 13.2 Å². The molecule has 0 saturated heterocycles. The molecule has 0 unspecified atom stereocenters. The standard InChI is InChI=1S/C11H8Br6O4/c12-10(13,14)4-20-6-1-2-8(7(3-6)9(18)19)21-5-11(15,16)17/h1-3H,4-5H2,(H,18,19). The summed E-state index contributed by atoms with van der Waals surface area (Å²) in [4.78, 5) is 11.3. The molecule has 0 saturated carbocycles. The van der Waals surface area contributed by atoms with Crippen molar-refractivity contribution < 1.29 is 19.4 Å². The highest BCUT2D eigenvalue weighted by atomic mass is 80.0. The second-order valence-corrected chi connectivity index (χ2v) is 18.3. The average Bonchev–Trinajstić information content (AvgIpc) is 2.32. The third-order valence-corrected chi connectivity index (χ3v) is 3.35. The molecule has 0 atom stereocenters. The summed E-state index contributed by atoms with van der Waals surface area (Å²) in [6.07, 6.45) is 0. The molecule has 118 valence electrons. The van der Waals surface area contributed by atoms with E-state index in [1.165, 1.54) is 6.07 Å². The quantitative estimate of drug-likeness (QED) is 0.398. The third-order valence-electron chi connectivity index (χ3n) is 1.98. The number of carboxylic acids is 1. The fourth-order valence-electron chi connectivity index (χ4n) is 1.22. The average molecular weight is 684 g/mol. The van der Waals surface area contributed by atoms with Crippen molar-refractivity contribution in [1.82, 2.24) is 0 Å². The topological polar surface area (TPSA) is 55.8 Å². The van der Waals surface area contributed by atoms with E-state index in [1.54, 1.807) is 12.1 Å². The maximum Gasteiger partial charge on any atom is 0.339 e. The normalized spacial score (nSPS) is 12.1. The number of halogens is 6. The Balaban J connectivity index is 2.89. The van der Waals surface area contributed by atoms with Crippen molar-refractivity contribution in [3.63, 3.8) is 0 Å². The van der Waals surface area contributed by atoms with E-state index in [4.69, 9.17) is 9.47 Å². The van der Waals surface area contributed by atoms with Crippen molar-refractivity contribution in [2.24, 2.45) is 0 Å². The third kappa shape index (κ3) is 8.55. The lowest BCUT2D eigenvalue weighted by molar-refractivity contribution is 0.0692. The number of hydrogen-bond acceptors (Lipinski definition) is 3. The van der Waals surface area contributed by atoms with Gasteiger partial charge < -0.3 is 14.6 Å². The number of aromatic carboxylic acids is 1. The van der Waals surface area contributed by atoms with Crippen molar-refractivity contribution in [1.29, 1.82) is 0 Å². The Labute approximate surface area is 172 Å². The van der Waals surface area contributed by atoms with Gasteiger partial charge in [0, 0.05) is 0 Å². The summed E-state index contributed by atoms with van der Waals surface area (Å²) in [6.45, 7) is 0.431. The van der Waals surface area contributed by atoms with Crippen LogP contribution >= 0.6 is 95.6 Å². The number of hydrogen-bond donors (Lipinski definition) is 1. The molecule has 1 N–H and O–H groups in total. The Morgan fingerprint density at radius 1 is 1.00 bits per heavy atom. The summed E-state index contributed by atoms with van der Waals surface area (Å²) in [5.74, 6) is -0.423. The van der Waals surface area contributed by atoms with Gasteiger partial charge in [-0.2, -0.15) is 0 Å². The molecule has 0 heterocycles. The maximum atomic E-state index is 11.3. The first-order chi connectivity index (χ1) is 9.48. The molecule has 0 radical (unpaired) electrons. The van der Waals surface area contributed by atoms with Gasteiger partial charge in [0.2, 0.25) is 0 Å². The van der Waals surface area contributed by atoms with Crippen LogP contribution in [0.2, 0.25) is 0 Å². The molecule has 4 nitrogen and oxygen atoms in total. The number of carboxylic acid groups (broad SMARTS) is 1. The van der Waals surface area contributed by atoms with Gasteiger partial charge in [-0.1, -0.05) is 95.6 Å². The largest absolute Gasteiger partial charge is 0.490 e. The number of carbonyl (C=O) groups is 1. The van der Waals surface area contributed by atoms with Gasteiger partial charge >= 0.3 is 5.97 Å². The van der Waals surface area contributed by atoms with Gasteiger partial charge in [-0.25, -0.2) is 4.79 Å². The monoisotopic (exact) mass is 678 g/mol. The van der Waals surface area contributed by atoms with E-state index in [-0.39, 0.29) is 24.5 Å². The summed E-state index contributed by atoms with van der Waals surface area (Å²) < 4.78 is 9.76. The molecular weight excluding hydrogens is 676 g/mol. The first kappa shape index (κ1) is 20.2. The summed E-state index contributed by atoms with van der Waals surface area (Å²) in [7, 11) is 0. The zero-order valence-corrected chi connectivity index (χ0v) is 19.6. The van der Waals surface area contributed by atoms with Crippen molar-refractivity contribution >= 4 is 102 Å². The highest BCUT2D eigenvalue weighted by molar-refractivity contribution is 9.39. The zero-order valence-electron chi connectivity index (χ0n) is 10.1. The Bertz CT molecular complexity index is 508. The lowest BCUT2D eigenvalue weighted by atomic mass is 10.2. The molecule has 0 fully saturated rings.